The van der Waals surface area contributed by atoms with Gasteiger partial charge in [0.2, 0.25) is 0 Å². The molecule has 0 unspecified atom stereocenters. The lowest BCUT2D eigenvalue weighted by Gasteiger charge is -2.14. The zero-order valence-electron chi connectivity index (χ0n) is 17.8. The molecule has 0 spiro atoms. The summed E-state index contributed by atoms with van der Waals surface area (Å²) < 4.78 is 0. The number of nitrogens with two attached hydrogens (primary N) is 2. The molecule has 162 valence electrons. The number of aliphatic carboxylic acids is 1. The molecule has 4 rings (SSSR count). The Morgan fingerprint density at radius 2 is 1.73 bits per heavy atom. The first kappa shape index (κ1) is 21.4. The maximum atomic E-state index is 12.0. The number of rotatable bonds is 5. The lowest BCUT2D eigenvalue weighted by Crippen LogP contribution is -2.17. The minimum Gasteiger partial charge on any atom is -0.476 e. The predicted octanol–water partition coefficient (Wildman–Crippen LogP) is 4.75. The van der Waals surface area contributed by atoms with E-state index in [9.17, 15) is 15.2 Å². The fourth-order valence-corrected chi connectivity index (χ4v) is 3.70. The number of anilines is 3. The lowest BCUT2D eigenvalue weighted by molar-refractivity contribution is -0.129. The number of hydrogen-bond donors (Lipinski definition) is 4. The van der Waals surface area contributed by atoms with Crippen molar-refractivity contribution in [1.82, 2.24) is 0 Å². The summed E-state index contributed by atoms with van der Waals surface area (Å²) in [6, 6.07) is 23.9. The van der Waals surface area contributed by atoms with Gasteiger partial charge in [-0.25, -0.2) is 4.79 Å². The van der Waals surface area contributed by atoms with Gasteiger partial charge in [0.15, 0.2) is 5.71 Å². The van der Waals surface area contributed by atoms with Gasteiger partial charge in [0.1, 0.15) is 6.07 Å². The van der Waals surface area contributed by atoms with Gasteiger partial charge in [-0.15, -0.1) is 0 Å². The van der Waals surface area contributed by atoms with E-state index >= 15 is 0 Å². The van der Waals surface area contributed by atoms with Gasteiger partial charge >= 0.3 is 5.97 Å². The topological polar surface area (TPSA) is 138 Å². The molecule has 0 aliphatic rings. The van der Waals surface area contributed by atoms with Crippen molar-refractivity contribution < 1.29 is 9.90 Å². The van der Waals surface area contributed by atoms with E-state index in [1.165, 1.54) is 6.07 Å². The summed E-state index contributed by atoms with van der Waals surface area (Å²) in [4.78, 5) is 12.0. The number of nitrogens with one attached hydrogen (secondary N) is 1. The average Bonchev–Trinajstić information content (AvgIpc) is 2.80. The second-order valence-corrected chi connectivity index (χ2v) is 7.60. The van der Waals surface area contributed by atoms with Crippen LogP contribution in [0.4, 0.5) is 17.1 Å². The van der Waals surface area contributed by atoms with E-state index in [0.717, 1.165) is 11.1 Å². The zero-order valence-corrected chi connectivity index (χ0v) is 17.8. The number of nitrogens with zero attached hydrogens (tertiary/aromatic N) is 2. The quantitative estimate of drug-likeness (QED) is 0.203. The second-order valence-electron chi connectivity index (χ2n) is 7.60. The third-order valence-corrected chi connectivity index (χ3v) is 5.33. The summed E-state index contributed by atoms with van der Waals surface area (Å²) in [5.41, 5.74) is 19.5. The van der Waals surface area contributed by atoms with Crippen LogP contribution in [-0.4, -0.2) is 16.8 Å². The van der Waals surface area contributed by atoms with E-state index < -0.39 is 5.97 Å². The number of carbonyl (C=O) groups is 1. The van der Waals surface area contributed by atoms with Crippen LogP contribution in [0, 0.1) is 18.3 Å². The van der Waals surface area contributed by atoms with Crippen molar-refractivity contribution in [2.75, 3.05) is 16.9 Å². The highest BCUT2D eigenvalue weighted by atomic mass is 16.4. The van der Waals surface area contributed by atoms with Crippen LogP contribution in [0.15, 0.2) is 77.9 Å². The minimum atomic E-state index is -1.21. The van der Waals surface area contributed by atoms with Crippen molar-refractivity contribution >= 4 is 39.5 Å². The number of carboxylic acids is 1. The van der Waals surface area contributed by atoms with Crippen LogP contribution < -0.4 is 16.9 Å². The van der Waals surface area contributed by atoms with Gasteiger partial charge in [0, 0.05) is 22.2 Å². The molecule has 0 aliphatic heterocycles. The Labute approximate surface area is 190 Å². The molecule has 0 saturated carbocycles. The Bertz CT molecular complexity index is 1440. The maximum absolute atomic E-state index is 12.0. The van der Waals surface area contributed by atoms with Gasteiger partial charge in [0.05, 0.1) is 16.9 Å². The molecule has 0 aromatic heterocycles. The highest BCUT2D eigenvalue weighted by molar-refractivity contribution is 6.43. The van der Waals surface area contributed by atoms with Crippen LogP contribution in [0.25, 0.3) is 21.9 Å². The number of benzene rings is 4. The Morgan fingerprint density at radius 1 is 1.03 bits per heavy atom. The fourth-order valence-electron chi connectivity index (χ4n) is 3.70. The van der Waals surface area contributed by atoms with Gasteiger partial charge in [-0.2, -0.15) is 10.4 Å². The van der Waals surface area contributed by atoms with Gasteiger partial charge in [0.25, 0.3) is 0 Å². The van der Waals surface area contributed by atoms with Gasteiger partial charge in [-0.05, 0) is 48.2 Å². The van der Waals surface area contributed by atoms with Gasteiger partial charge in [-0.1, -0.05) is 48.0 Å². The van der Waals surface area contributed by atoms with Crippen LogP contribution in [0.1, 0.15) is 16.7 Å². The molecule has 4 aromatic rings. The Morgan fingerprint density at radius 3 is 2.36 bits per heavy atom. The van der Waals surface area contributed by atoms with Crippen molar-refractivity contribution in [3.8, 4) is 17.2 Å². The first-order chi connectivity index (χ1) is 15.9. The van der Waals surface area contributed by atoms with E-state index in [1.54, 1.807) is 12.1 Å². The molecular formula is C26H21N5O2. The van der Waals surface area contributed by atoms with Crippen molar-refractivity contribution in [2.24, 2.45) is 5.10 Å². The van der Waals surface area contributed by atoms with Gasteiger partial charge < -0.3 is 16.6 Å². The standard InChI is InChI=1S/C26H21N5O2/c1-15-7-9-19(10-8-15)30-31-25(26(32)33)18-11-17-12-20(16-5-3-2-4-6-16)21(14-27)24(29)23(17)22(28)13-18/h2-13,30H,28-29H2,1H3,(H,32,33)/b31-25+. The van der Waals surface area contributed by atoms with Gasteiger partial charge in [-0.3, -0.25) is 5.43 Å². The SMILES string of the molecule is Cc1ccc(N/N=C(/C(=O)O)c2cc(N)c3c(N)c(C#N)c(-c4ccccc4)cc3c2)cc1. The number of aryl methyl sites for hydroxylation is 1. The molecule has 4 aromatic carbocycles. The molecule has 0 radical (unpaired) electrons. The molecule has 0 heterocycles. The molecular weight excluding hydrogens is 414 g/mol. The molecule has 0 aliphatic carbocycles. The highest BCUT2D eigenvalue weighted by Crippen LogP contribution is 2.37. The normalized spacial score (nSPS) is 11.2. The van der Waals surface area contributed by atoms with Crippen molar-refractivity contribution in [1.29, 1.82) is 5.26 Å². The predicted molar refractivity (Wildman–Crippen MR) is 132 cm³/mol. The third-order valence-electron chi connectivity index (χ3n) is 5.33. The summed E-state index contributed by atoms with van der Waals surface area (Å²) in [5, 5.41) is 24.8. The zero-order chi connectivity index (χ0) is 23.5. The highest BCUT2D eigenvalue weighted by Gasteiger charge is 2.19. The molecule has 0 saturated heterocycles. The number of nitriles is 1. The fraction of sp³-hybridized carbons (Fsp3) is 0.0385. The summed E-state index contributed by atoms with van der Waals surface area (Å²) in [6.07, 6.45) is 0. The van der Waals surface area contributed by atoms with Crippen molar-refractivity contribution in [2.45, 2.75) is 6.92 Å². The first-order valence-electron chi connectivity index (χ1n) is 10.1. The summed E-state index contributed by atoms with van der Waals surface area (Å²) in [5.74, 6) is -1.21. The Kier molecular flexibility index (Phi) is 5.66. The maximum Gasteiger partial charge on any atom is 0.356 e. The largest absolute Gasteiger partial charge is 0.476 e. The van der Waals surface area contributed by atoms with Crippen molar-refractivity contribution in [3.63, 3.8) is 0 Å². The number of fused-ring (bicyclic) bond motifs is 1. The number of nitrogen functional groups attached to an aromatic ring is 2. The smallest absolute Gasteiger partial charge is 0.356 e. The molecule has 6 N–H and O–H groups in total. The van der Waals surface area contributed by atoms with Crippen LogP contribution >= 0.6 is 0 Å². The molecule has 0 amide bonds. The molecule has 7 heteroatoms. The van der Waals surface area contributed by atoms with Crippen LogP contribution in [0.5, 0.6) is 0 Å². The average molecular weight is 435 g/mol. The number of carboxylic acid groups (broad SMARTS) is 1. The van der Waals surface area contributed by atoms with Crippen LogP contribution in [0.2, 0.25) is 0 Å². The number of hydrazone groups is 1. The molecule has 0 atom stereocenters. The van der Waals surface area contributed by atoms with Crippen LogP contribution in [0.3, 0.4) is 0 Å². The third kappa shape index (κ3) is 4.18. The summed E-state index contributed by atoms with van der Waals surface area (Å²) >= 11 is 0. The minimum absolute atomic E-state index is 0.201. The van der Waals surface area contributed by atoms with E-state index in [0.29, 0.717) is 33.2 Å². The monoisotopic (exact) mass is 435 g/mol. The Hall–Kier alpha value is -4.83. The van der Waals surface area contributed by atoms with E-state index in [-0.39, 0.29) is 17.1 Å². The van der Waals surface area contributed by atoms with Crippen LogP contribution in [-0.2, 0) is 4.79 Å². The van der Waals surface area contributed by atoms with E-state index in [2.05, 4.69) is 16.6 Å². The lowest BCUT2D eigenvalue weighted by atomic mass is 9.92. The Balaban J connectivity index is 1.87. The van der Waals surface area contributed by atoms with E-state index in [4.69, 9.17) is 11.5 Å². The van der Waals surface area contributed by atoms with E-state index in [1.807, 2.05) is 61.5 Å². The summed E-state index contributed by atoms with van der Waals surface area (Å²) in [6.45, 7) is 1.96. The summed E-state index contributed by atoms with van der Waals surface area (Å²) in [7, 11) is 0. The molecule has 0 fully saturated rings. The molecule has 7 nitrogen and oxygen atoms in total. The molecule has 0 bridgehead atoms. The second kappa shape index (κ2) is 8.73. The first-order valence-corrected chi connectivity index (χ1v) is 10.1. The number of hydrogen-bond acceptors (Lipinski definition) is 6. The van der Waals surface area contributed by atoms with Crippen molar-refractivity contribution in [3.05, 3.63) is 89.5 Å². The molecule has 33 heavy (non-hydrogen) atoms.